The summed E-state index contributed by atoms with van der Waals surface area (Å²) in [6, 6.07) is 24.5. The molecule has 0 saturated carbocycles. The quantitative estimate of drug-likeness (QED) is 0.278. The van der Waals surface area contributed by atoms with Gasteiger partial charge in [-0.25, -0.2) is 10.5 Å². The molecule has 0 unspecified atom stereocenters. The van der Waals surface area contributed by atoms with Crippen molar-refractivity contribution in [2.24, 2.45) is 0 Å². The van der Waals surface area contributed by atoms with Gasteiger partial charge in [-0.05, 0) is 54.8 Å². The largest absolute Gasteiger partial charge is 0.317 e. The Bertz CT molecular complexity index is 1240. The summed E-state index contributed by atoms with van der Waals surface area (Å²) in [7, 11) is 0. The number of hydrogen-bond acceptors (Lipinski definition) is 3. The molecule has 2 N–H and O–H groups in total. The Balaban J connectivity index is 1.86. The van der Waals surface area contributed by atoms with E-state index in [1.54, 1.807) is 11.6 Å². The van der Waals surface area contributed by atoms with E-state index in [0.29, 0.717) is 0 Å². The molecule has 5 heteroatoms. The zero-order valence-electron chi connectivity index (χ0n) is 16.9. The number of imidazole rings is 1. The van der Waals surface area contributed by atoms with Crippen molar-refractivity contribution >= 4 is 23.0 Å². The first kappa shape index (κ1) is 19.6. The minimum absolute atomic E-state index is 0.0907. The second-order valence-corrected chi connectivity index (χ2v) is 7.26. The lowest BCUT2D eigenvalue weighted by molar-refractivity contribution is -0.124. The highest BCUT2D eigenvalue weighted by atomic mass is 16.5. The van der Waals surface area contributed by atoms with Crippen molar-refractivity contribution in [1.29, 1.82) is 0 Å². The molecule has 0 bridgehead atoms. The topological polar surface area (TPSA) is 67.2 Å². The SMILES string of the molecule is Cc1ccccc1[C@@H](C)n1c(-c2cccc(C=CC(=O)NO)c2)nc2ccccc21. The molecule has 0 aliphatic heterocycles. The number of para-hydroxylation sites is 2. The standard InChI is InChI=1S/C25H23N3O2/c1-17-8-3-4-11-21(17)18(2)28-23-13-6-5-12-22(23)26-25(28)20-10-7-9-19(16-20)14-15-24(29)27-30/h3-16,18,30H,1-2H3,(H,27,29)/t18-/m1/s1. The highest BCUT2D eigenvalue weighted by Crippen LogP contribution is 2.33. The first-order chi connectivity index (χ1) is 14.6. The van der Waals surface area contributed by atoms with Gasteiger partial charge in [0.2, 0.25) is 0 Å². The number of carbonyl (C=O) groups excluding carboxylic acids is 1. The number of rotatable bonds is 5. The molecular weight excluding hydrogens is 374 g/mol. The number of aryl methyl sites for hydroxylation is 1. The number of benzene rings is 3. The summed E-state index contributed by atoms with van der Waals surface area (Å²) in [6.07, 6.45) is 2.95. The van der Waals surface area contributed by atoms with Crippen molar-refractivity contribution in [1.82, 2.24) is 15.0 Å². The maximum Gasteiger partial charge on any atom is 0.267 e. The van der Waals surface area contributed by atoms with Gasteiger partial charge in [-0.2, -0.15) is 0 Å². The Labute approximate surface area is 175 Å². The second kappa shape index (κ2) is 8.35. The van der Waals surface area contributed by atoms with Gasteiger partial charge in [0.05, 0.1) is 17.1 Å². The van der Waals surface area contributed by atoms with E-state index in [4.69, 9.17) is 10.2 Å². The minimum Gasteiger partial charge on any atom is -0.317 e. The molecular formula is C25H23N3O2. The summed E-state index contributed by atoms with van der Waals surface area (Å²) in [4.78, 5) is 16.3. The second-order valence-electron chi connectivity index (χ2n) is 7.26. The van der Waals surface area contributed by atoms with Crippen LogP contribution >= 0.6 is 0 Å². The molecule has 30 heavy (non-hydrogen) atoms. The molecule has 0 spiro atoms. The van der Waals surface area contributed by atoms with Gasteiger partial charge in [0.25, 0.3) is 5.91 Å². The molecule has 4 rings (SSSR count). The van der Waals surface area contributed by atoms with Crippen LogP contribution in [0.5, 0.6) is 0 Å². The van der Waals surface area contributed by atoms with Crippen molar-refractivity contribution in [2.45, 2.75) is 19.9 Å². The molecule has 150 valence electrons. The first-order valence-corrected chi connectivity index (χ1v) is 9.83. The Kier molecular flexibility index (Phi) is 5.46. The van der Waals surface area contributed by atoms with Crippen LogP contribution in [0, 0.1) is 6.92 Å². The van der Waals surface area contributed by atoms with Crippen LogP contribution in [0.2, 0.25) is 0 Å². The Hall–Kier alpha value is -3.70. The molecule has 5 nitrogen and oxygen atoms in total. The van der Waals surface area contributed by atoms with Crippen molar-refractivity contribution < 1.29 is 10.0 Å². The van der Waals surface area contributed by atoms with Crippen LogP contribution < -0.4 is 5.48 Å². The molecule has 1 heterocycles. The van der Waals surface area contributed by atoms with Crippen LogP contribution in [0.15, 0.2) is 78.9 Å². The monoisotopic (exact) mass is 397 g/mol. The number of aromatic nitrogens is 2. The molecule has 1 atom stereocenters. The summed E-state index contributed by atoms with van der Waals surface area (Å²) >= 11 is 0. The van der Waals surface area contributed by atoms with Crippen LogP contribution in [0.25, 0.3) is 28.5 Å². The van der Waals surface area contributed by atoms with Gasteiger partial charge in [0.15, 0.2) is 0 Å². The zero-order valence-corrected chi connectivity index (χ0v) is 16.9. The van der Waals surface area contributed by atoms with Crippen LogP contribution in [-0.2, 0) is 4.79 Å². The van der Waals surface area contributed by atoms with E-state index in [9.17, 15) is 4.79 Å². The third-order valence-electron chi connectivity index (χ3n) is 5.30. The van der Waals surface area contributed by atoms with Gasteiger partial charge in [0.1, 0.15) is 5.82 Å². The summed E-state index contributed by atoms with van der Waals surface area (Å²) in [6.45, 7) is 4.32. The van der Waals surface area contributed by atoms with Crippen LogP contribution in [0.4, 0.5) is 0 Å². The fourth-order valence-electron chi connectivity index (χ4n) is 3.83. The Morgan fingerprint density at radius 1 is 1.07 bits per heavy atom. The van der Waals surface area contributed by atoms with Gasteiger partial charge in [-0.3, -0.25) is 10.0 Å². The average Bonchev–Trinajstić information content (AvgIpc) is 3.17. The first-order valence-electron chi connectivity index (χ1n) is 9.83. The summed E-state index contributed by atoms with van der Waals surface area (Å²) < 4.78 is 2.26. The molecule has 0 saturated heterocycles. The Morgan fingerprint density at radius 2 is 1.83 bits per heavy atom. The molecule has 0 fully saturated rings. The molecule has 0 radical (unpaired) electrons. The maximum atomic E-state index is 11.3. The predicted octanol–water partition coefficient (Wildman–Crippen LogP) is 5.14. The van der Waals surface area contributed by atoms with E-state index in [-0.39, 0.29) is 6.04 Å². The van der Waals surface area contributed by atoms with Gasteiger partial charge >= 0.3 is 0 Å². The van der Waals surface area contributed by atoms with E-state index < -0.39 is 5.91 Å². The van der Waals surface area contributed by atoms with Gasteiger partial charge in [-0.1, -0.05) is 54.6 Å². The third kappa shape index (κ3) is 3.75. The zero-order chi connectivity index (χ0) is 21.1. The van der Waals surface area contributed by atoms with Gasteiger partial charge in [0, 0.05) is 11.6 Å². The lowest BCUT2D eigenvalue weighted by Crippen LogP contribution is -2.14. The number of amides is 1. The van der Waals surface area contributed by atoms with E-state index in [2.05, 4.69) is 48.7 Å². The summed E-state index contributed by atoms with van der Waals surface area (Å²) in [5.41, 5.74) is 7.90. The van der Waals surface area contributed by atoms with E-state index >= 15 is 0 Å². The van der Waals surface area contributed by atoms with Crippen LogP contribution in [0.3, 0.4) is 0 Å². The smallest absolute Gasteiger partial charge is 0.267 e. The third-order valence-corrected chi connectivity index (χ3v) is 5.30. The van der Waals surface area contributed by atoms with E-state index in [0.717, 1.165) is 28.0 Å². The Morgan fingerprint density at radius 3 is 2.63 bits per heavy atom. The van der Waals surface area contributed by atoms with Crippen molar-refractivity contribution in [3.8, 4) is 11.4 Å². The average molecular weight is 397 g/mol. The number of hydroxylamine groups is 1. The normalized spacial score (nSPS) is 12.4. The molecule has 4 aromatic rings. The number of carbonyl (C=O) groups is 1. The van der Waals surface area contributed by atoms with Gasteiger partial charge < -0.3 is 4.57 Å². The molecule has 0 aliphatic rings. The summed E-state index contributed by atoms with van der Waals surface area (Å²) in [5.74, 6) is 0.301. The minimum atomic E-state index is -0.569. The summed E-state index contributed by atoms with van der Waals surface area (Å²) in [5, 5.41) is 8.69. The van der Waals surface area contributed by atoms with Crippen molar-refractivity contribution in [3.63, 3.8) is 0 Å². The van der Waals surface area contributed by atoms with Crippen molar-refractivity contribution in [3.05, 3.63) is 95.6 Å². The number of nitrogens with one attached hydrogen (secondary N) is 1. The highest BCUT2D eigenvalue weighted by Gasteiger charge is 2.19. The van der Waals surface area contributed by atoms with Crippen molar-refractivity contribution in [2.75, 3.05) is 0 Å². The molecule has 1 amide bonds. The number of hydrogen-bond donors (Lipinski definition) is 2. The van der Waals surface area contributed by atoms with Gasteiger partial charge in [-0.15, -0.1) is 0 Å². The van der Waals surface area contributed by atoms with E-state index in [1.807, 2.05) is 42.5 Å². The molecule has 0 aliphatic carbocycles. The van der Waals surface area contributed by atoms with Crippen LogP contribution in [-0.4, -0.2) is 20.7 Å². The fourth-order valence-corrected chi connectivity index (χ4v) is 3.83. The predicted molar refractivity (Wildman–Crippen MR) is 119 cm³/mol. The lowest BCUT2D eigenvalue weighted by Gasteiger charge is -2.20. The maximum absolute atomic E-state index is 11.3. The number of fused-ring (bicyclic) bond motifs is 1. The lowest BCUT2D eigenvalue weighted by atomic mass is 10.0. The van der Waals surface area contributed by atoms with E-state index in [1.165, 1.54) is 17.2 Å². The fraction of sp³-hybridized carbons (Fsp3) is 0.120. The number of nitrogens with zero attached hydrogens (tertiary/aromatic N) is 2. The molecule has 1 aromatic heterocycles. The molecule has 3 aromatic carbocycles. The highest BCUT2D eigenvalue weighted by molar-refractivity contribution is 5.91. The van der Waals surface area contributed by atoms with Crippen LogP contribution in [0.1, 0.15) is 29.7 Å².